The van der Waals surface area contributed by atoms with Crippen LogP contribution in [-0.4, -0.2) is 39.4 Å². The molecule has 30 heavy (non-hydrogen) atoms. The molecule has 2 aromatic carbocycles. The Morgan fingerprint density at radius 2 is 1.80 bits per heavy atom. The molecule has 1 aromatic heterocycles. The number of H-pyrrole nitrogens is 1. The zero-order valence-corrected chi connectivity index (χ0v) is 17.0. The lowest BCUT2D eigenvalue weighted by molar-refractivity contribution is -0.121. The van der Waals surface area contributed by atoms with Crippen molar-refractivity contribution in [3.8, 4) is 11.5 Å². The second kappa shape index (κ2) is 8.86. The smallest absolute Gasteiger partial charge is 0.272 e. The molecule has 0 aliphatic heterocycles. The molecule has 8 nitrogen and oxygen atoms in total. The summed E-state index contributed by atoms with van der Waals surface area (Å²) in [4.78, 5) is 24.1. The van der Waals surface area contributed by atoms with Crippen LogP contribution < -0.4 is 16.2 Å². The van der Waals surface area contributed by atoms with Gasteiger partial charge < -0.3 is 20.8 Å². The number of aromatic hydroxyl groups is 2. The average molecular weight is 410 g/mol. The molecule has 1 heterocycles. The van der Waals surface area contributed by atoms with Gasteiger partial charge in [0.2, 0.25) is 5.91 Å². The summed E-state index contributed by atoms with van der Waals surface area (Å²) in [7, 11) is 0. The summed E-state index contributed by atoms with van der Waals surface area (Å²) in [6.45, 7) is 5.04. The maximum atomic E-state index is 12.2. The molecular formula is C22H26N4O4. The van der Waals surface area contributed by atoms with Gasteiger partial charge in [-0.15, -0.1) is 0 Å². The number of phenols is 2. The van der Waals surface area contributed by atoms with E-state index in [9.17, 15) is 19.8 Å². The topological polar surface area (TPSA) is 127 Å². The minimum absolute atomic E-state index is 0.0942. The Balaban J connectivity index is 1.51. The Morgan fingerprint density at radius 1 is 1.07 bits per heavy atom. The van der Waals surface area contributed by atoms with Crippen molar-refractivity contribution in [3.05, 3.63) is 58.4 Å². The van der Waals surface area contributed by atoms with E-state index in [1.807, 2.05) is 26.0 Å². The lowest BCUT2D eigenvalue weighted by Gasteiger charge is -2.26. The van der Waals surface area contributed by atoms with Crippen LogP contribution in [-0.2, 0) is 11.2 Å². The molecule has 0 atom stereocenters. The van der Waals surface area contributed by atoms with Crippen LogP contribution in [0.2, 0.25) is 0 Å². The zero-order chi connectivity index (χ0) is 21.7. The number of aromatic amines is 1. The molecule has 0 unspecified atom stereocenters. The Hall–Kier alpha value is -3.55. The summed E-state index contributed by atoms with van der Waals surface area (Å²) < 4.78 is 0. The van der Waals surface area contributed by atoms with E-state index in [1.165, 1.54) is 12.1 Å². The van der Waals surface area contributed by atoms with Gasteiger partial charge in [0.1, 0.15) is 0 Å². The highest BCUT2D eigenvalue weighted by Gasteiger charge is 2.20. The number of hydrogen-bond acceptors (Lipinski definition) is 6. The molecule has 0 spiro atoms. The number of aromatic nitrogens is 2. The predicted octanol–water partition coefficient (Wildman–Crippen LogP) is 2.52. The Kier molecular flexibility index (Phi) is 6.25. The zero-order valence-electron chi connectivity index (χ0n) is 17.0. The van der Waals surface area contributed by atoms with Crippen molar-refractivity contribution in [2.75, 3.05) is 18.4 Å². The number of carbonyl (C=O) groups is 1. The maximum Gasteiger partial charge on any atom is 0.272 e. The summed E-state index contributed by atoms with van der Waals surface area (Å²) in [5, 5.41) is 33.0. The van der Waals surface area contributed by atoms with Gasteiger partial charge in [-0.05, 0) is 35.6 Å². The van der Waals surface area contributed by atoms with Crippen LogP contribution in [0.3, 0.4) is 0 Å². The lowest BCUT2D eigenvalue weighted by atomic mass is 9.93. The average Bonchev–Trinajstić information content (AvgIpc) is 2.73. The van der Waals surface area contributed by atoms with Crippen LogP contribution in [0.25, 0.3) is 10.8 Å². The molecule has 0 bridgehead atoms. The number of rotatable bonds is 8. The van der Waals surface area contributed by atoms with E-state index in [1.54, 1.807) is 18.2 Å². The van der Waals surface area contributed by atoms with Crippen LogP contribution in [0, 0.1) is 5.41 Å². The monoisotopic (exact) mass is 410 g/mol. The highest BCUT2D eigenvalue weighted by molar-refractivity contribution is 5.90. The van der Waals surface area contributed by atoms with Crippen LogP contribution in [0.4, 0.5) is 5.82 Å². The third-order valence-corrected chi connectivity index (χ3v) is 4.88. The van der Waals surface area contributed by atoms with Gasteiger partial charge in [-0.25, -0.2) is 5.10 Å². The van der Waals surface area contributed by atoms with Crippen molar-refractivity contribution in [3.63, 3.8) is 0 Å². The van der Waals surface area contributed by atoms with Gasteiger partial charge in [0, 0.05) is 24.9 Å². The normalized spacial score (nSPS) is 11.4. The van der Waals surface area contributed by atoms with E-state index in [0.717, 1.165) is 10.9 Å². The quantitative estimate of drug-likeness (QED) is 0.363. The van der Waals surface area contributed by atoms with E-state index in [0.29, 0.717) is 30.7 Å². The van der Waals surface area contributed by atoms with Crippen molar-refractivity contribution in [1.29, 1.82) is 0 Å². The van der Waals surface area contributed by atoms with Crippen LogP contribution in [0.15, 0.2) is 47.3 Å². The number of benzene rings is 2. The fourth-order valence-corrected chi connectivity index (χ4v) is 3.04. The number of carbonyl (C=O) groups excluding carboxylic acids is 1. The highest BCUT2D eigenvalue weighted by Crippen LogP contribution is 2.25. The largest absolute Gasteiger partial charge is 0.504 e. The maximum absolute atomic E-state index is 12.2. The first-order valence-electron chi connectivity index (χ1n) is 9.74. The summed E-state index contributed by atoms with van der Waals surface area (Å²) in [5.41, 5.74) is 0.285. The van der Waals surface area contributed by atoms with Crippen molar-refractivity contribution < 1.29 is 15.0 Å². The van der Waals surface area contributed by atoms with Gasteiger partial charge in [-0.3, -0.25) is 9.59 Å². The number of anilines is 1. The third-order valence-electron chi connectivity index (χ3n) is 4.88. The number of nitrogens with one attached hydrogen (secondary N) is 3. The molecule has 0 aliphatic carbocycles. The van der Waals surface area contributed by atoms with Crippen molar-refractivity contribution >= 4 is 22.5 Å². The number of fused-ring (bicyclic) bond motifs is 1. The Bertz CT molecular complexity index is 1110. The lowest BCUT2D eigenvalue weighted by Crippen LogP contribution is -2.38. The Morgan fingerprint density at radius 3 is 2.53 bits per heavy atom. The molecule has 0 saturated carbocycles. The van der Waals surface area contributed by atoms with Crippen molar-refractivity contribution in [1.82, 2.24) is 15.5 Å². The first-order chi connectivity index (χ1) is 14.2. The second-order valence-corrected chi connectivity index (χ2v) is 8.06. The Labute approximate surface area is 174 Å². The third kappa shape index (κ3) is 5.28. The summed E-state index contributed by atoms with van der Waals surface area (Å²) in [6.07, 6.45) is 0.742. The number of phenolic OH excluding ortho intramolecular Hbond substituents is 2. The fraction of sp³-hybridized carbons (Fsp3) is 0.318. The van der Waals surface area contributed by atoms with Gasteiger partial charge in [-0.2, -0.15) is 5.10 Å². The number of nitrogens with zero attached hydrogens (tertiary/aromatic N) is 1. The minimum Gasteiger partial charge on any atom is -0.504 e. The molecule has 3 rings (SSSR count). The van der Waals surface area contributed by atoms with E-state index in [2.05, 4.69) is 20.8 Å². The van der Waals surface area contributed by atoms with Gasteiger partial charge in [0.15, 0.2) is 17.3 Å². The number of hydrogen-bond donors (Lipinski definition) is 5. The molecule has 0 saturated heterocycles. The van der Waals surface area contributed by atoms with Gasteiger partial charge in [-0.1, -0.05) is 38.1 Å². The minimum atomic E-state index is -0.259. The van der Waals surface area contributed by atoms with E-state index >= 15 is 0 Å². The summed E-state index contributed by atoms with van der Waals surface area (Å²) in [6, 6.07) is 11.8. The molecule has 0 radical (unpaired) electrons. The van der Waals surface area contributed by atoms with Crippen LogP contribution in [0.1, 0.15) is 25.8 Å². The van der Waals surface area contributed by atoms with Crippen LogP contribution in [0.5, 0.6) is 11.5 Å². The number of aryl methyl sites for hydroxylation is 1. The molecule has 3 aromatic rings. The molecule has 8 heteroatoms. The fourth-order valence-electron chi connectivity index (χ4n) is 3.04. The summed E-state index contributed by atoms with van der Waals surface area (Å²) >= 11 is 0. The molecule has 158 valence electrons. The van der Waals surface area contributed by atoms with Gasteiger partial charge in [0.25, 0.3) is 5.56 Å². The SMILES string of the molecule is CC(C)(CNC(=O)CCc1ccc(O)c(O)c1)CNc1n[nH]c(=O)c2ccccc12. The van der Waals surface area contributed by atoms with Gasteiger partial charge >= 0.3 is 0 Å². The first-order valence-corrected chi connectivity index (χ1v) is 9.74. The molecule has 5 N–H and O–H groups in total. The van der Waals surface area contributed by atoms with Crippen molar-refractivity contribution in [2.45, 2.75) is 26.7 Å². The number of amides is 1. The highest BCUT2D eigenvalue weighted by atomic mass is 16.3. The van der Waals surface area contributed by atoms with E-state index < -0.39 is 0 Å². The predicted molar refractivity (Wildman–Crippen MR) is 116 cm³/mol. The first kappa shape index (κ1) is 21.2. The molecular weight excluding hydrogens is 384 g/mol. The second-order valence-electron chi connectivity index (χ2n) is 8.06. The molecule has 0 aliphatic rings. The van der Waals surface area contributed by atoms with E-state index in [4.69, 9.17) is 0 Å². The van der Waals surface area contributed by atoms with Crippen molar-refractivity contribution in [2.24, 2.45) is 5.41 Å². The van der Waals surface area contributed by atoms with Crippen LogP contribution >= 0.6 is 0 Å². The molecule has 0 fully saturated rings. The standard InChI is InChI=1S/C22H26N4O4/c1-22(2,12-23-19(29)10-8-14-7-9-17(27)18(28)11-14)13-24-20-15-5-3-4-6-16(15)21(30)26-25-20/h3-7,9,11,27-28H,8,10,12-13H2,1-2H3,(H,23,29)(H,24,25)(H,26,30). The molecule has 1 amide bonds. The van der Waals surface area contributed by atoms with E-state index in [-0.39, 0.29) is 34.8 Å². The summed E-state index contributed by atoms with van der Waals surface area (Å²) in [5.74, 6) is 0.130. The van der Waals surface area contributed by atoms with Gasteiger partial charge in [0.05, 0.1) is 5.39 Å².